The number of halogens is 1. The summed E-state index contributed by atoms with van der Waals surface area (Å²) in [6.07, 6.45) is 0.373. The van der Waals surface area contributed by atoms with E-state index in [1.807, 2.05) is 54.3 Å². The Hall–Kier alpha value is -3.06. The molecule has 0 aromatic heterocycles. The number of anilines is 1. The number of hydrogen-bond donors (Lipinski definition) is 2. The Morgan fingerprint density at radius 3 is 2.34 bits per heavy atom. The average Bonchev–Trinajstić information content (AvgIpc) is 3.08. The van der Waals surface area contributed by atoms with Crippen molar-refractivity contribution in [2.24, 2.45) is 0 Å². The number of urea groups is 1. The zero-order valence-corrected chi connectivity index (χ0v) is 19.0. The Labute approximate surface area is 192 Å². The molecule has 2 N–H and O–H groups in total. The molecule has 2 aliphatic heterocycles. The molecule has 0 saturated carbocycles. The summed E-state index contributed by atoms with van der Waals surface area (Å²) in [5.41, 5.74) is 2.75. The first kappa shape index (κ1) is 22.1. The van der Waals surface area contributed by atoms with Gasteiger partial charge in [0.1, 0.15) is 5.54 Å². The summed E-state index contributed by atoms with van der Waals surface area (Å²) in [6, 6.07) is 12.8. The van der Waals surface area contributed by atoms with E-state index in [0.717, 1.165) is 16.8 Å². The van der Waals surface area contributed by atoms with Gasteiger partial charge in [0.15, 0.2) is 0 Å². The van der Waals surface area contributed by atoms with Gasteiger partial charge in [0.2, 0.25) is 5.91 Å². The highest BCUT2D eigenvalue weighted by atomic mass is 35.5. The van der Waals surface area contributed by atoms with Crippen molar-refractivity contribution in [1.29, 1.82) is 0 Å². The lowest BCUT2D eigenvalue weighted by Crippen LogP contribution is -2.50. The minimum Gasteiger partial charge on any atom is -0.368 e. The van der Waals surface area contributed by atoms with E-state index >= 15 is 0 Å². The van der Waals surface area contributed by atoms with E-state index in [9.17, 15) is 14.4 Å². The van der Waals surface area contributed by atoms with Crippen LogP contribution in [-0.4, -0.2) is 48.9 Å². The van der Waals surface area contributed by atoms with Crippen LogP contribution in [0.15, 0.2) is 42.5 Å². The number of rotatable bonds is 5. The maximum atomic E-state index is 13.0. The van der Waals surface area contributed by atoms with Crippen LogP contribution in [0.5, 0.6) is 0 Å². The number of piperazine rings is 1. The highest BCUT2D eigenvalue weighted by Gasteiger charge is 2.47. The number of amides is 4. The van der Waals surface area contributed by atoms with E-state index in [2.05, 4.69) is 22.5 Å². The van der Waals surface area contributed by atoms with E-state index in [1.165, 1.54) is 0 Å². The van der Waals surface area contributed by atoms with Crippen molar-refractivity contribution in [3.8, 4) is 0 Å². The molecule has 7 nitrogen and oxygen atoms in total. The van der Waals surface area contributed by atoms with Crippen molar-refractivity contribution in [3.63, 3.8) is 0 Å². The lowest BCUT2D eigenvalue weighted by atomic mass is 9.85. The molecule has 32 heavy (non-hydrogen) atoms. The van der Waals surface area contributed by atoms with E-state index in [4.69, 9.17) is 11.6 Å². The fraction of sp³-hybridized carbons (Fsp3) is 0.375. The molecule has 0 bridgehead atoms. The summed E-state index contributed by atoms with van der Waals surface area (Å²) in [5.74, 6) is -0.437. The van der Waals surface area contributed by atoms with Crippen molar-refractivity contribution in [2.75, 3.05) is 31.1 Å². The van der Waals surface area contributed by atoms with Crippen LogP contribution in [0, 0.1) is 13.8 Å². The number of carbonyl (C=O) groups is 3. The predicted molar refractivity (Wildman–Crippen MR) is 124 cm³/mol. The summed E-state index contributed by atoms with van der Waals surface area (Å²) < 4.78 is 0. The molecular formula is C24H27ClN4O3. The van der Waals surface area contributed by atoms with Crippen LogP contribution >= 0.6 is 11.6 Å². The molecule has 1 atom stereocenters. The highest BCUT2D eigenvalue weighted by Crippen LogP contribution is 2.31. The maximum Gasteiger partial charge on any atom is 0.322 e. The van der Waals surface area contributed by atoms with Gasteiger partial charge in [-0.25, -0.2) is 4.79 Å². The third-order valence-electron chi connectivity index (χ3n) is 6.34. The second-order valence-corrected chi connectivity index (χ2v) is 8.91. The smallest absolute Gasteiger partial charge is 0.322 e. The Kier molecular flexibility index (Phi) is 6.11. The second-order valence-electron chi connectivity index (χ2n) is 8.48. The van der Waals surface area contributed by atoms with Crippen molar-refractivity contribution >= 4 is 35.1 Å². The van der Waals surface area contributed by atoms with Gasteiger partial charge in [-0.05, 0) is 43.5 Å². The van der Waals surface area contributed by atoms with Crippen LogP contribution in [0.3, 0.4) is 0 Å². The van der Waals surface area contributed by atoms with Gasteiger partial charge in [0.25, 0.3) is 5.91 Å². The summed E-state index contributed by atoms with van der Waals surface area (Å²) in [5, 5.41) is 5.78. The Morgan fingerprint density at radius 2 is 1.72 bits per heavy atom. The van der Waals surface area contributed by atoms with Crippen molar-refractivity contribution in [1.82, 2.24) is 15.5 Å². The van der Waals surface area contributed by atoms with Crippen LogP contribution in [0.1, 0.15) is 29.5 Å². The van der Waals surface area contributed by atoms with Crippen molar-refractivity contribution in [2.45, 2.75) is 32.2 Å². The molecule has 4 rings (SSSR count). The van der Waals surface area contributed by atoms with E-state index in [1.54, 1.807) is 0 Å². The van der Waals surface area contributed by atoms with Crippen LogP contribution < -0.4 is 15.5 Å². The molecule has 4 amide bonds. The molecule has 2 saturated heterocycles. The first-order valence-electron chi connectivity index (χ1n) is 10.8. The van der Waals surface area contributed by atoms with Gasteiger partial charge in [0, 0.05) is 43.3 Å². The number of benzene rings is 2. The van der Waals surface area contributed by atoms with Gasteiger partial charge in [-0.1, -0.05) is 47.5 Å². The normalized spacial score (nSPS) is 20.8. The number of imide groups is 1. The molecule has 2 aromatic rings. The van der Waals surface area contributed by atoms with Gasteiger partial charge < -0.3 is 15.1 Å². The molecule has 2 aromatic carbocycles. The van der Waals surface area contributed by atoms with E-state index in [-0.39, 0.29) is 18.7 Å². The third-order valence-corrected chi connectivity index (χ3v) is 6.58. The molecular weight excluding hydrogens is 428 g/mol. The van der Waals surface area contributed by atoms with Gasteiger partial charge >= 0.3 is 6.03 Å². The largest absolute Gasteiger partial charge is 0.368 e. The Morgan fingerprint density at radius 1 is 1.03 bits per heavy atom. The van der Waals surface area contributed by atoms with Gasteiger partial charge in [-0.2, -0.15) is 0 Å². The lowest BCUT2D eigenvalue weighted by Gasteiger charge is -2.37. The number of hydrogen-bond acceptors (Lipinski definition) is 4. The van der Waals surface area contributed by atoms with Crippen LogP contribution in [0.25, 0.3) is 0 Å². The van der Waals surface area contributed by atoms with Gasteiger partial charge in [0.05, 0.1) is 0 Å². The van der Waals surface area contributed by atoms with Crippen LogP contribution in [-0.2, 0) is 15.1 Å². The summed E-state index contributed by atoms with van der Waals surface area (Å²) in [6.45, 7) is 6.63. The van der Waals surface area contributed by atoms with Crippen LogP contribution in [0.2, 0.25) is 5.02 Å². The standard InChI is InChI=1S/C24H27ClN4O3/c1-16-3-6-18(7-4-16)24(22(31)26-23(32)27-24)10-9-21(30)29-13-11-28(12-14-29)20-15-19(25)8-5-17(20)2/h3-8,15H,9-14H2,1-2H3,(H2,26,27,31,32). The van der Waals surface area contributed by atoms with Crippen molar-refractivity contribution in [3.05, 3.63) is 64.2 Å². The molecule has 0 aliphatic carbocycles. The van der Waals surface area contributed by atoms with E-state index < -0.39 is 17.5 Å². The topological polar surface area (TPSA) is 81.8 Å². The molecule has 168 valence electrons. The van der Waals surface area contributed by atoms with Gasteiger partial charge in [-0.3, -0.25) is 14.9 Å². The first-order valence-corrected chi connectivity index (χ1v) is 11.2. The maximum absolute atomic E-state index is 13.0. The summed E-state index contributed by atoms with van der Waals surface area (Å²) in [7, 11) is 0. The second kappa shape index (κ2) is 8.82. The zero-order chi connectivity index (χ0) is 22.9. The SMILES string of the molecule is Cc1ccc(C2(CCC(=O)N3CCN(c4cc(Cl)ccc4C)CC3)NC(=O)NC2=O)cc1. The number of nitrogens with zero attached hydrogens (tertiary/aromatic N) is 2. The Balaban J connectivity index is 1.41. The molecule has 1 unspecified atom stereocenters. The van der Waals surface area contributed by atoms with Crippen LogP contribution in [0.4, 0.5) is 10.5 Å². The summed E-state index contributed by atoms with van der Waals surface area (Å²) >= 11 is 6.16. The predicted octanol–water partition coefficient (Wildman–Crippen LogP) is 3.12. The third kappa shape index (κ3) is 4.30. The Bertz CT molecular complexity index is 1050. The monoisotopic (exact) mass is 454 g/mol. The minimum absolute atomic E-state index is 0.0205. The zero-order valence-electron chi connectivity index (χ0n) is 18.3. The molecule has 8 heteroatoms. The quantitative estimate of drug-likeness (QED) is 0.680. The first-order chi connectivity index (χ1) is 15.3. The fourth-order valence-corrected chi connectivity index (χ4v) is 4.59. The van der Waals surface area contributed by atoms with E-state index in [0.29, 0.717) is 36.8 Å². The van der Waals surface area contributed by atoms with Crippen molar-refractivity contribution < 1.29 is 14.4 Å². The summed E-state index contributed by atoms with van der Waals surface area (Å²) in [4.78, 5) is 41.7. The minimum atomic E-state index is -1.22. The number of nitrogens with one attached hydrogen (secondary N) is 2. The van der Waals surface area contributed by atoms with Gasteiger partial charge in [-0.15, -0.1) is 0 Å². The number of carbonyl (C=O) groups excluding carboxylic acids is 3. The average molecular weight is 455 g/mol. The molecule has 0 radical (unpaired) electrons. The fourth-order valence-electron chi connectivity index (χ4n) is 4.43. The highest BCUT2D eigenvalue weighted by molar-refractivity contribution is 6.30. The molecule has 0 spiro atoms. The lowest BCUT2D eigenvalue weighted by molar-refractivity contribution is -0.132. The molecule has 2 fully saturated rings. The number of aryl methyl sites for hydroxylation is 2. The molecule has 2 heterocycles. The molecule has 2 aliphatic rings.